The zero-order chi connectivity index (χ0) is 20.2. The quantitative estimate of drug-likeness (QED) is 0.648. The lowest BCUT2D eigenvalue weighted by atomic mass is 9.48. The molecule has 0 unspecified atom stereocenters. The van der Waals surface area contributed by atoms with Crippen molar-refractivity contribution in [3.05, 3.63) is 59.9 Å². The number of nitrogens with zero attached hydrogens (tertiary/aromatic N) is 1. The van der Waals surface area contributed by atoms with Crippen molar-refractivity contribution in [3.63, 3.8) is 0 Å². The molecule has 2 aromatic rings. The van der Waals surface area contributed by atoms with Gasteiger partial charge in [0.1, 0.15) is 5.82 Å². The molecule has 0 spiro atoms. The molecule has 0 atom stereocenters. The maximum absolute atomic E-state index is 13.2. The molecule has 6 rings (SSSR count). The van der Waals surface area contributed by atoms with Crippen LogP contribution < -0.4 is 4.31 Å². The Bertz CT molecular complexity index is 963. The van der Waals surface area contributed by atoms with Gasteiger partial charge in [-0.05, 0) is 111 Å². The van der Waals surface area contributed by atoms with Crippen LogP contribution >= 0.6 is 0 Å². The van der Waals surface area contributed by atoms with E-state index in [-0.39, 0.29) is 4.90 Å². The minimum atomic E-state index is -3.71. The molecule has 5 heteroatoms. The molecular formula is C24H28FNO2S. The first kappa shape index (κ1) is 19.1. The van der Waals surface area contributed by atoms with E-state index in [1.54, 1.807) is 0 Å². The average Bonchev–Trinajstić information content (AvgIpc) is 2.68. The summed E-state index contributed by atoms with van der Waals surface area (Å²) >= 11 is 0. The SMILES string of the molecule is CCN(c1ccc(C23CC4CC(CC(C4)C2)C3)cc1)S(=O)(=O)c1ccc(F)cc1. The second-order valence-corrected chi connectivity index (χ2v) is 11.2. The predicted octanol–water partition coefficient (Wildman–Crippen LogP) is 5.51. The molecule has 3 nitrogen and oxygen atoms in total. The van der Waals surface area contributed by atoms with Crippen LogP contribution in [0.1, 0.15) is 51.0 Å². The van der Waals surface area contributed by atoms with Crippen molar-refractivity contribution in [2.45, 2.75) is 55.8 Å². The Morgan fingerprint density at radius 1 is 0.897 bits per heavy atom. The summed E-state index contributed by atoms with van der Waals surface area (Å²) in [5.41, 5.74) is 2.36. The van der Waals surface area contributed by atoms with Gasteiger partial charge in [0, 0.05) is 6.54 Å². The predicted molar refractivity (Wildman–Crippen MR) is 113 cm³/mol. The Morgan fingerprint density at radius 2 is 1.41 bits per heavy atom. The molecule has 0 aliphatic heterocycles. The van der Waals surface area contributed by atoms with E-state index in [0.717, 1.165) is 17.8 Å². The third-order valence-electron chi connectivity index (χ3n) is 7.49. The molecule has 4 saturated carbocycles. The van der Waals surface area contributed by atoms with Crippen LogP contribution in [0.25, 0.3) is 0 Å². The van der Waals surface area contributed by atoms with Gasteiger partial charge < -0.3 is 0 Å². The summed E-state index contributed by atoms with van der Waals surface area (Å²) in [6, 6.07) is 13.3. The highest BCUT2D eigenvalue weighted by atomic mass is 32.2. The molecule has 4 fully saturated rings. The molecular weight excluding hydrogens is 385 g/mol. The number of rotatable bonds is 5. The summed E-state index contributed by atoms with van der Waals surface area (Å²) in [6.45, 7) is 2.16. The van der Waals surface area contributed by atoms with Crippen molar-refractivity contribution < 1.29 is 12.8 Å². The second kappa shape index (κ2) is 6.83. The van der Waals surface area contributed by atoms with Crippen LogP contribution in [-0.4, -0.2) is 15.0 Å². The fourth-order valence-electron chi connectivity index (χ4n) is 6.67. The van der Waals surface area contributed by atoms with E-state index in [9.17, 15) is 12.8 Å². The Balaban J connectivity index is 1.44. The monoisotopic (exact) mass is 413 g/mol. The van der Waals surface area contributed by atoms with Crippen LogP contribution in [0.3, 0.4) is 0 Å². The van der Waals surface area contributed by atoms with Gasteiger partial charge in [-0.3, -0.25) is 4.31 Å². The first-order valence-electron chi connectivity index (χ1n) is 10.8. The molecule has 0 saturated heterocycles. The molecule has 4 aliphatic rings. The van der Waals surface area contributed by atoms with Crippen LogP contribution in [-0.2, 0) is 15.4 Å². The summed E-state index contributed by atoms with van der Waals surface area (Å²) in [6.07, 6.45) is 8.13. The standard InChI is InChI=1S/C24H28FNO2S/c1-2-26(29(27,28)23-9-5-21(25)6-10-23)22-7-3-20(4-8-22)24-14-17-11-18(15-24)13-19(12-17)16-24/h3-10,17-19H,2,11-16H2,1H3. The van der Waals surface area contributed by atoms with Crippen LogP contribution in [0, 0.1) is 23.6 Å². The maximum atomic E-state index is 13.2. The van der Waals surface area contributed by atoms with E-state index in [1.165, 1.54) is 72.7 Å². The number of halogens is 1. The molecule has 154 valence electrons. The van der Waals surface area contributed by atoms with Gasteiger partial charge in [0.15, 0.2) is 0 Å². The number of anilines is 1. The van der Waals surface area contributed by atoms with Crippen LogP contribution in [0.2, 0.25) is 0 Å². The normalized spacial score (nSPS) is 30.5. The minimum absolute atomic E-state index is 0.117. The summed E-state index contributed by atoms with van der Waals surface area (Å²) in [4.78, 5) is 0.117. The van der Waals surface area contributed by atoms with Crippen molar-refractivity contribution >= 4 is 15.7 Å². The van der Waals surface area contributed by atoms with Crippen molar-refractivity contribution in [3.8, 4) is 0 Å². The van der Waals surface area contributed by atoms with Crippen LogP contribution in [0.15, 0.2) is 53.4 Å². The van der Waals surface area contributed by atoms with Crippen molar-refractivity contribution in [1.82, 2.24) is 0 Å². The average molecular weight is 414 g/mol. The molecule has 4 bridgehead atoms. The second-order valence-electron chi connectivity index (χ2n) is 9.37. The molecule has 0 aromatic heterocycles. The van der Waals surface area contributed by atoms with E-state index >= 15 is 0 Å². The van der Waals surface area contributed by atoms with Gasteiger partial charge in [-0.1, -0.05) is 12.1 Å². The molecule has 2 aromatic carbocycles. The van der Waals surface area contributed by atoms with Gasteiger partial charge in [-0.2, -0.15) is 0 Å². The maximum Gasteiger partial charge on any atom is 0.264 e. The highest BCUT2D eigenvalue weighted by molar-refractivity contribution is 7.92. The largest absolute Gasteiger partial charge is 0.267 e. The van der Waals surface area contributed by atoms with Crippen LogP contribution in [0.4, 0.5) is 10.1 Å². The van der Waals surface area contributed by atoms with E-state index in [1.807, 2.05) is 19.1 Å². The number of sulfonamides is 1. The third kappa shape index (κ3) is 3.18. The zero-order valence-electron chi connectivity index (χ0n) is 16.9. The molecule has 0 heterocycles. The molecule has 0 radical (unpaired) electrons. The first-order chi connectivity index (χ1) is 13.9. The zero-order valence-corrected chi connectivity index (χ0v) is 17.7. The van der Waals surface area contributed by atoms with E-state index in [2.05, 4.69) is 12.1 Å². The molecule has 29 heavy (non-hydrogen) atoms. The molecule has 0 amide bonds. The van der Waals surface area contributed by atoms with Gasteiger partial charge >= 0.3 is 0 Å². The van der Waals surface area contributed by atoms with Gasteiger partial charge in [-0.15, -0.1) is 0 Å². The fraction of sp³-hybridized carbons (Fsp3) is 0.500. The highest BCUT2D eigenvalue weighted by Gasteiger charge is 2.51. The molecule has 0 N–H and O–H groups in total. The van der Waals surface area contributed by atoms with E-state index < -0.39 is 15.8 Å². The van der Waals surface area contributed by atoms with Crippen molar-refractivity contribution in [1.29, 1.82) is 0 Å². The van der Waals surface area contributed by atoms with E-state index in [4.69, 9.17) is 0 Å². The lowest BCUT2D eigenvalue weighted by Gasteiger charge is -2.57. The lowest BCUT2D eigenvalue weighted by molar-refractivity contribution is -0.00518. The third-order valence-corrected chi connectivity index (χ3v) is 9.41. The Hall–Kier alpha value is -1.88. The van der Waals surface area contributed by atoms with Crippen LogP contribution in [0.5, 0.6) is 0 Å². The summed E-state index contributed by atoms with van der Waals surface area (Å²) in [5.74, 6) is 2.21. The first-order valence-corrected chi connectivity index (χ1v) is 12.2. The van der Waals surface area contributed by atoms with Crippen molar-refractivity contribution in [2.75, 3.05) is 10.8 Å². The highest BCUT2D eigenvalue weighted by Crippen LogP contribution is 2.60. The van der Waals surface area contributed by atoms with Crippen molar-refractivity contribution in [2.24, 2.45) is 17.8 Å². The Labute approximate surface area is 173 Å². The smallest absolute Gasteiger partial charge is 0.264 e. The van der Waals surface area contributed by atoms with E-state index in [0.29, 0.717) is 17.6 Å². The number of benzene rings is 2. The summed E-state index contributed by atoms with van der Waals surface area (Å²) in [5, 5.41) is 0. The van der Waals surface area contributed by atoms with Gasteiger partial charge in [0.2, 0.25) is 0 Å². The van der Waals surface area contributed by atoms with Gasteiger partial charge in [-0.25, -0.2) is 12.8 Å². The van der Waals surface area contributed by atoms with Gasteiger partial charge in [0.25, 0.3) is 10.0 Å². The number of hydrogen-bond donors (Lipinski definition) is 0. The Kier molecular flexibility index (Phi) is 4.50. The fourth-order valence-corrected chi connectivity index (χ4v) is 8.14. The minimum Gasteiger partial charge on any atom is -0.267 e. The van der Waals surface area contributed by atoms with Gasteiger partial charge in [0.05, 0.1) is 10.6 Å². The summed E-state index contributed by atoms with van der Waals surface area (Å²) < 4.78 is 40.8. The molecule has 4 aliphatic carbocycles. The summed E-state index contributed by atoms with van der Waals surface area (Å²) in [7, 11) is -3.71. The number of hydrogen-bond acceptors (Lipinski definition) is 2. The topological polar surface area (TPSA) is 37.4 Å². The lowest BCUT2D eigenvalue weighted by Crippen LogP contribution is -2.48. The Morgan fingerprint density at radius 3 is 1.90 bits per heavy atom.